The summed E-state index contributed by atoms with van der Waals surface area (Å²) >= 11 is 7.81. The van der Waals surface area contributed by atoms with E-state index in [-0.39, 0.29) is 11.8 Å². The van der Waals surface area contributed by atoms with Crippen molar-refractivity contribution in [2.75, 3.05) is 51.4 Å². The van der Waals surface area contributed by atoms with E-state index in [9.17, 15) is 4.79 Å². The highest BCUT2D eigenvalue weighted by atomic mass is 35.5. The molecule has 0 N–H and O–H groups in total. The Morgan fingerprint density at radius 1 is 1.38 bits per heavy atom. The molecule has 1 amide bonds. The summed E-state index contributed by atoms with van der Waals surface area (Å²) in [5.41, 5.74) is 0.785. The molecule has 2 aliphatic heterocycles. The number of amides is 1. The maximum Gasteiger partial charge on any atom is 0.229 e. The Bertz CT molecular complexity index is 769. The van der Waals surface area contributed by atoms with Gasteiger partial charge in [-0.1, -0.05) is 22.9 Å². The Labute approximate surface area is 148 Å². The Morgan fingerprint density at radius 3 is 2.83 bits per heavy atom. The van der Waals surface area contributed by atoms with Crippen LogP contribution in [0.3, 0.4) is 0 Å². The van der Waals surface area contributed by atoms with Gasteiger partial charge in [-0.3, -0.25) is 4.79 Å². The van der Waals surface area contributed by atoms with Crippen molar-refractivity contribution in [2.45, 2.75) is 0 Å². The van der Waals surface area contributed by atoms with E-state index in [1.807, 2.05) is 17.0 Å². The molecule has 1 aromatic heterocycles. The lowest BCUT2D eigenvalue weighted by molar-refractivity contribution is -0.140. The van der Waals surface area contributed by atoms with Crippen LogP contribution in [-0.4, -0.2) is 62.3 Å². The third-order valence-electron chi connectivity index (χ3n) is 4.49. The predicted octanol–water partition coefficient (Wildman–Crippen LogP) is 2.25. The summed E-state index contributed by atoms with van der Waals surface area (Å²) in [4.78, 5) is 21.2. The average molecular weight is 368 g/mol. The molecule has 3 heterocycles. The Kier molecular flexibility index (Phi) is 4.24. The zero-order valence-corrected chi connectivity index (χ0v) is 14.9. The molecule has 0 aliphatic carbocycles. The molecule has 2 aromatic rings. The predicted molar refractivity (Wildman–Crippen MR) is 94.3 cm³/mol. The van der Waals surface area contributed by atoms with Crippen LogP contribution in [0.4, 0.5) is 5.13 Å². The number of anilines is 1. The van der Waals surface area contributed by atoms with E-state index in [0.29, 0.717) is 44.4 Å². The highest BCUT2D eigenvalue weighted by molar-refractivity contribution is 7.22. The fourth-order valence-electron chi connectivity index (χ4n) is 3.07. The Balaban J connectivity index is 1.48. The molecule has 0 bridgehead atoms. The van der Waals surface area contributed by atoms with Crippen molar-refractivity contribution in [3.8, 4) is 5.75 Å². The van der Waals surface area contributed by atoms with Gasteiger partial charge in [-0.25, -0.2) is 4.98 Å². The number of morpholine rings is 1. The minimum atomic E-state index is 0.0486. The summed E-state index contributed by atoms with van der Waals surface area (Å²) in [7, 11) is 1.63. The molecule has 8 heteroatoms. The van der Waals surface area contributed by atoms with Gasteiger partial charge in [0.15, 0.2) is 5.13 Å². The van der Waals surface area contributed by atoms with Gasteiger partial charge in [0.05, 0.1) is 36.0 Å². The van der Waals surface area contributed by atoms with Crippen LogP contribution in [0, 0.1) is 5.92 Å². The van der Waals surface area contributed by atoms with Crippen molar-refractivity contribution in [3.63, 3.8) is 0 Å². The van der Waals surface area contributed by atoms with Gasteiger partial charge in [0, 0.05) is 26.2 Å². The molecular weight excluding hydrogens is 350 g/mol. The number of rotatable bonds is 3. The standard InChI is InChI=1S/C16H18ClN3O3S/c1-22-12-3-2-11(17)14-13(12)18-16(24-14)20-8-10(9-20)15(21)19-4-6-23-7-5-19/h2-3,10H,4-9H2,1H3. The molecule has 2 fully saturated rings. The highest BCUT2D eigenvalue weighted by Crippen LogP contribution is 2.40. The molecule has 128 valence electrons. The third-order valence-corrected chi connectivity index (χ3v) is 6.07. The summed E-state index contributed by atoms with van der Waals surface area (Å²) in [5, 5.41) is 1.57. The summed E-state index contributed by atoms with van der Waals surface area (Å²) in [6, 6.07) is 3.65. The first-order chi connectivity index (χ1) is 11.7. The van der Waals surface area contributed by atoms with Crippen molar-refractivity contribution in [3.05, 3.63) is 17.2 Å². The topological polar surface area (TPSA) is 54.9 Å². The van der Waals surface area contributed by atoms with Gasteiger partial charge in [0.1, 0.15) is 11.3 Å². The second-order valence-electron chi connectivity index (χ2n) is 5.96. The molecule has 2 saturated heterocycles. The number of benzene rings is 1. The van der Waals surface area contributed by atoms with Crippen LogP contribution in [0.2, 0.25) is 5.02 Å². The third kappa shape index (κ3) is 2.70. The van der Waals surface area contributed by atoms with Crippen LogP contribution < -0.4 is 9.64 Å². The van der Waals surface area contributed by atoms with Crippen LogP contribution in [0.5, 0.6) is 5.75 Å². The van der Waals surface area contributed by atoms with E-state index in [2.05, 4.69) is 9.88 Å². The number of methoxy groups -OCH3 is 1. The SMILES string of the molecule is COc1ccc(Cl)c2sc(N3CC(C(=O)N4CCOCC4)C3)nc12. The largest absolute Gasteiger partial charge is 0.494 e. The summed E-state index contributed by atoms with van der Waals surface area (Å²) in [5.74, 6) is 0.997. The monoisotopic (exact) mass is 367 g/mol. The van der Waals surface area contributed by atoms with Crippen molar-refractivity contribution in [1.82, 2.24) is 9.88 Å². The van der Waals surface area contributed by atoms with Gasteiger partial charge in [0.2, 0.25) is 5.91 Å². The van der Waals surface area contributed by atoms with E-state index in [1.165, 1.54) is 0 Å². The van der Waals surface area contributed by atoms with E-state index >= 15 is 0 Å². The quantitative estimate of drug-likeness (QED) is 0.832. The molecule has 24 heavy (non-hydrogen) atoms. The molecule has 2 aliphatic rings. The molecule has 0 unspecified atom stereocenters. The van der Waals surface area contributed by atoms with E-state index in [0.717, 1.165) is 21.1 Å². The number of hydrogen-bond acceptors (Lipinski definition) is 6. The Hall–Kier alpha value is -1.57. The molecule has 4 rings (SSSR count). The van der Waals surface area contributed by atoms with E-state index in [4.69, 9.17) is 21.1 Å². The number of thiazole rings is 1. The lowest BCUT2D eigenvalue weighted by atomic mass is 9.99. The maximum atomic E-state index is 12.5. The molecule has 0 spiro atoms. The zero-order chi connectivity index (χ0) is 16.7. The van der Waals surface area contributed by atoms with Crippen LogP contribution in [0.1, 0.15) is 0 Å². The highest BCUT2D eigenvalue weighted by Gasteiger charge is 2.37. The molecule has 0 saturated carbocycles. The first kappa shape index (κ1) is 15.9. The molecule has 6 nitrogen and oxygen atoms in total. The van der Waals surface area contributed by atoms with Gasteiger partial charge in [0.25, 0.3) is 0 Å². The lowest BCUT2D eigenvalue weighted by Crippen LogP contribution is -2.56. The van der Waals surface area contributed by atoms with E-state index in [1.54, 1.807) is 18.4 Å². The number of aromatic nitrogens is 1. The number of nitrogens with zero attached hydrogens (tertiary/aromatic N) is 3. The number of carbonyl (C=O) groups excluding carboxylic acids is 1. The first-order valence-corrected chi connectivity index (χ1v) is 9.11. The normalized spacial score (nSPS) is 18.8. The summed E-state index contributed by atoms with van der Waals surface area (Å²) in [6.07, 6.45) is 0. The summed E-state index contributed by atoms with van der Waals surface area (Å²) < 4.78 is 11.6. The zero-order valence-electron chi connectivity index (χ0n) is 13.3. The smallest absolute Gasteiger partial charge is 0.229 e. The minimum Gasteiger partial charge on any atom is -0.494 e. The summed E-state index contributed by atoms with van der Waals surface area (Å²) in [6.45, 7) is 4.08. The van der Waals surface area contributed by atoms with Crippen molar-refractivity contribution in [2.24, 2.45) is 5.92 Å². The van der Waals surface area contributed by atoms with Gasteiger partial charge in [-0.2, -0.15) is 0 Å². The fraction of sp³-hybridized carbons (Fsp3) is 0.500. The number of hydrogen-bond donors (Lipinski definition) is 0. The van der Waals surface area contributed by atoms with Gasteiger partial charge < -0.3 is 19.3 Å². The van der Waals surface area contributed by atoms with E-state index < -0.39 is 0 Å². The Morgan fingerprint density at radius 2 is 2.12 bits per heavy atom. The second kappa shape index (κ2) is 6.38. The van der Waals surface area contributed by atoms with Crippen molar-refractivity contribution >= 4 is 44.2 Å². The lowest BCUT2D eigenvalue weighted by Gasteiger charge is -2.41. The number of halogens is 1. The molecular formula is C16H18ClN3O3S. The van der Waals surface area contributed by atoms with Gasteiger partial charge in [-0.15, -0.1) is 0 Å². The van der Waals surface area contributed by atoms with Crippen molar-refractivity contribution < 1.29 is 14.3 Å². The van der Waals surface area contributed by atoms with Crippen LogP contribution in [0.15, 0.2) is 12.1 Å². The first-order valence-electron chi connectivity index (χ1n) is 7.92. The van der Waals surface area contributed by atoms with Crippen LogP contribution >= 0.6 is 22.9 Å². The molecule has 1 aromatic carbocycles. The maximum absolute atomic E-state index is 12.5. The van der Waals surface area contributed by atoms with Gasteiger partial charge >= 0.3 is 0 Å². The number of ether oxygens (including phenoxy) is 2. The van der Waals surface area contributed by atoms with Crippen LogP contribution in [0.25, 0.3) is 10.2 Å². The second-order valence-corrected chi connectivity index (χ2v) is 7.35. The van der Waals surface area contributed by atoms with Gasteiger partial charge in [-0.05, 0) is 12.1 Å². The molecule has 0 atom stereocenters. The van der Waals surface area contributed by atoms with Crippen molar-refractivity contribution in [1.29, 1.82) is 0 Å². The number of carbonyl (C=O) groups is 1. The van der Waals surface area contributed by atoms with Crippen LogP contribution in [-0.2, 0) is 9.53 Å². The fourth-order valence-corrected chi connectivity index (χ4v) is 4.35. The minimum absolute atomic E-state index is 0.0486. The average Bonchev–Trinajstić information content (AvgIpc) is 3.00. The number of fused-ring (bicyclic) bond motifs is 1. The molecule has 0 radical (unpaired) electrons.